The number of hydrogen-bond donors (Lipinski definition) is 2. The molecule has 0 radical (unpaired) electrons. The van der Waals surface area contributed by atoms with Crippen molar-refractivity contribution in [1.29, 1.82) is 0 Å². The molecule has 3 aromatic rings. The van der Waals surface area contributed by atoms with Crippen molar-refractivity contribution in [2.45, 2.75) is 25.4 Å². The van der Waals surface area contributed by atoms with Crippen molar-refractivity contribution in [3.63, 3.8) is 0 Å². The lowest BCUT2D eigenvalue weighted by Gasteiger charge is -2.14. The van der Waals surface area contributed by atoms with Crippen molar-refractivity contribution in [2.75, 3.05) is 5.32 Å². The van der Waals surface area contributed by atoms with E-state index in [-0.39, 0.29) is 24.1 Å². The Morgan fingerprint density at radius 3 is 2.31 bits per heavy atom. The third-order valence-corrected chi connectivity index (χ3v) is 4.60. The number of para-hydroxylation sites is 1. The smallest absolute Gasteiger partial charge is 0.267 e. The molecule has 0 atom stereocenters. The van der Waals surface area contributed by atoms with Gasteiger partial charge in [0, 0.05) is 23.5 Å². The van der Waals surface area contributed by atoms with Crippen molar-refractivity contribution < 1.29 is 9.59 Å². The van der Waals surface area contributed by atoms with E-state index in [1.54, 1.807) is 24.3 Å². The van der Waals surface area contributed by atoms with Gasteiger partial charge in [-0.1, -0.05) is 48.5 Å². The molecule has 29 heavy (non-hydrogen) atoms. The topological polar surface area (TPSA) is 93.1 Å². The molecule has 1 heterocycles. The summed E-state index contributed by atoms with van der Waals surface area (Å²) in [5.41, 5.74) is 0.706. The maximum atomic E-state index is 13.1. The summed E-state index contributed by atoms with van der Waals surface area (Å²) < 4.78 is 1.25. The average molecular weight is 388 g/mol. The SMILES string of the molecule is O=C(Cn1c(-c2ccccc2)ncc(C(=O)NC2CC2)c1=O)Nc1ccccc1. The Hall–Kier alpha value is -3.74. The predicted octanol–water partition coefficient (Wildman–Crippen LogP) is 2.44. The van der Waals surface area contributed by atoms with E-state index in [0.717, 1.165) is 12.8 Å². The van der Waals surface area contributed by atoms with Gasteiger partial charge in [0.05, 0.1) is 0 Å². The summed E-state index contributed by atoms with van der Waals surface area (Å²) in [6.07, 6.45) is 3.11. The van der Waals surface area contributed by atoms with Crippen LogP contribution in [0.25, 0.3) is 11.4 Å². The zero-order valence-electron chi connectivity index (χ0n) is 15.7. The van der Waals surface area contributed by atoms with E-state index in [0.29, 0.717) is 17.1 Å². The van der Waals surface area contributed by atoms with Crippen LogP contribution in [0.3, 0.4) is 0 Å². The van der Waals surface area contributed by atoms with E-state index in [1.165, 1.54) is 10.8 Å². The van der Waals surface area contributed by atoms with Gasteiger partial charge in [-0.15, -0.1) is 0 Å². The highest BCUT2D eigenvalue weighted by molar-refractivity contribution is 5.94. The van der Waals surface area contributed by atoms with Crippen molar-refractivity contribution in [3.8, 4) is 11.4 Å². The Kier molecular flexibility index (Phi) is 5.20. The maximum absolute atomic E-state index is 13.1. The lowest BCUT2D eigenvalue weighted by molar-refractivity contribution is -0.116. The molecule has 146 valence electrons. The van der Waals surface area contributed by atoms with Gasteiger partial charge in [0.25, 0.3) is 11.5 Å². The summed E-state index contributed by atoms with van der Waals surface area (Å²) in [5.74, 6) is -0.499. The minimum atomic E-state index is -0.541. The second-order valence-corrected chi connectivity index (χ2v) is 6.91. The van der Waals surface area contributed by atoms with E-state index >= 15 is 0 Å². The minimum Gasteiger partial charge on any atom is -0.349 e. The van der Waals surface area contributed by atoms with Crippen LogP contribution in [0, 0.1) is 0 Å². The highest BCUT2D eigenvalue weighted by atomic mass is 16.2. The van der Waals surface area contributed by atoms with Crippen molar-refractivity contribution in [3.05, 3.63) is 82.8 Å². The summed E-state index contributed by atoms with van der Waals surface area (Å²) >= 11 is 0. The fraction of sp³-hybridized carbons (Fsp3) is 0.182. The molecule has 4 rings (SSSR count). The molecule has 7 nitrogen and oxygen atoms in total. The van der Waals surface area contributed by atoms with Crippen LogP contribution < -0.4 is 16.2 Å². The molecule has 0 aliphatic heterocycles. The highest BCUT2D eigenvalue weighted by Crippen LogP contribution is 2.19. The number of nitrogens with zero attached hydrogens (tertiary/aromatic N) is 2. The van der Waals surface area contributed by atoms with Crippen LogP contribution >= 0.6 is 0 Å². The Morgan fingerprint density at radius 2 is 1.66 bits per heavy atom. The first-order valence-corrected chi connectivity index (χ1v) is 9.43. The van der Waals surface area contributed by atoms with Crippen molar-refractivity contribution in [2.24, 2.45) is 0 Å². The molecule has 1 fully saturated rings. The van der Waals surface area contributed by atoms with Gasteiger partial charge in [0.1, 0.15) is 17.9 Å². The molecular weight excluding hydrogens is 368 g/mol. The average Bonchev–Trinajstić information content (AvgIpc) is 3.54. The molecule has 0 unspecified atom stereocenters. The quantitative estimate of drug-likeness (QED) is 0.678. The van der Waals surface area contributed by atoms with Crippen LogP contribution in [0.1, 0.15) is 23.2 Å². The normalized spacial score (nSPS) is 13.0. The number of anilines is 1. The third-order valence-electron chi connectivity index (χ3n) is 4.60. The van der Waals surface area contributed by atoms with Gasteiger partial charge in [0.2, 0.25) is 5.91 Å². The summed E-state index contributed by atoms with van der Waals surface area (Å²) in [7, 11) is 0. The molecule has 2 aromatic carbocycles. The largest absolute Gasteiger partial charge is 0.349 e. The van der Waals surface area contributed by atoms with Gasteiger partial charge < -0.3 is 10.6 Å². The van der Waals surface area contributed by atoms with E-state index < -0.39 is 11.5 Å². The van der Waals surface area contributed by atoms with Crippen LogP contribution in [0.5, 0.6) is 0 Å². The number of aromatic nitrogens is 2. The summed E-state index contributed by atoms with van der Waals surface area (Å²) in [4.78, 5) is 42.4. The van der Waals surface area contributed by atoms with E-state index in [4.69, 9.17) is 0 Å². The first kappa shape index (κ1) is 18.6. The zero-order chi connectivity index (χ0) is 20.2. The van der Waals surface area contributed by atoms with Gasteiger partial charge in [-0.25, -0.2) is 4.98 Å². The molecule has 7 heteroatoms. The van der Waals surface area contributed by atoms with Gasteiger partial charge >= 0.3 is 0 Å². The molecule has 1 saturated carbocycles. The van der Waals surface area contributed by atoms with Crippen LogP contribution in [0.2, 0.25) is 0 Å². The van der Waals surface area contributed by atoms with Gasteiger partial charge in [-0.3, -0.25) is 19.0 Å². The van der Waals surface area contributed by atoms with Gasteiger partial charge in [-0.2, -0.15) is 0 Å². The Balaban J connectivity index is 1.68. The van der Waals surface area contributed by atoms with Crippen molar-refractivity contribution >= 4 is 17.5 Å². The number of hydrogen-bond acceptors (Lipinski definition) is 4. The van der Waals surface area contributed by atoms with E-state index in [9.17, 15) is 14.4 Å². The van der Waals surface area contributed by atoms with Gasteiger partial charge in [0.15, 0.2) is 0 Å². The standard InChI is InChI=1S/C22H20N4O3/c27-19(24-16-9-5-2-6-10-16)14-26-20(15-7-3-1-4-8-15)23-13-18(22(26)29)21(28)25-17-11-12-17/h1-10,13,17H,11-12,14H2,(H,24,27)(H,25,28). The maximum Gasteiger partial charge on any atom is 0.267 e. The molecular formula is C22H20N4O3. The Bertz CT molecular complexity index is 1090. The van der Waals surface area contributed by atoms with Crippen LogP contribution in [0.15, 0.2) is 71.7 Å². The Morgan fingerprint density at radius 1 is 1.00 bits per heavy atom. The molecule has 1 aliphatic rings. The number of rotatable bonds is 6. The minimum absolute atomic E-state index is 0.0657. The first-order valence-electron chi connectivity index (χ1n) is 9.43. The lowest BCUT2D eigenvalue weighted by atomic mass is 10.2. The molecule has 1 aromatic heterocycles. The van der Waals surface area contributed by atoms with Gasteiger partial charge in [-0.05, 0) is 25.0 Å². The highest BCUT2D eigenvalue weighted by Gasteiger charge is 2.26. The third kappa shape index (κ3) is 4.40. The summed E-state index contributed by atoms with van der Waals surface area (Å²) in [5, 5.41) is 5.56. The first-order chi connectivity index (χ1) is 14.1. The second-order valence-electron chi connectivity index (χ2n) is 6.91. The molecule has 0 spiro atoms. The number of benzene rings is 2. The number of nitrogens with one attached hydrogen (secondary N) is 2. The molecule has 2 N–H and O–H groups in total. The van der Waals surface area contributed by atoms with E-state index in [2.05, 4.69) is 15.6 Å². The van der Waals surface area contributed by atoms with Crippen LogP contribution in [0.4, 0.5) is 5.69 Å². The zero-order valence-corrected chi connectivity index (χ0v) is 15.7. The number of amides is 2. The predicted molar refractivity (Wildman–Crippen MR) is 109 cm³/mol. The fourth-order valence-electron chi connectivity index (χ4n) is 2.97. The van der Waals surface area contributed by atoms with E-state index in [1.807, 2.05) is 36.4 Å². The van der Waals surface area contributed by atoms with Crippen LogP contribution in [-0.4, -0.2) is 27.4 Å². The summed E-state index contributed by atoms with van der Waals surface area (Å²) in [6.45, 7) is -0.254. The molecule has 0 bridgehead atoms. The van der Waals surface area contributed by atoms with Crippen molar-refractivity contribution in [1.82, 2.24) is 14.9 Å². The fourth-order valence-corrected chi connectivity index (χ4v) is 2.97. The monoisotopic (exact) mass is 388 g/mol. The Labute approximate surface area is 167 Å². The molecule has 2 amide bonds. The number of carbonyl (C=O) groups excluding carboxylic acids is 2. The molecule has 0 saturated heterocycles. The lowest BCUT2D eigenvalue weighted by Crippen LogP contribution is -2.37. The summed E-state index contributed by atoms with van der Waals surface area (Å²) in [6, 6.07) is 18.2. The second kappa shape index (κ2) is 8.10. The van der Waals surface area contributed by atoms with Crippen LogP contribution in [-0.2, 0) is 11.3 Å². The molecule has 1 aliphatic carbocycles. The number of carbonyl (C=O) groups is 2.